The molecule has 0 unspecified atom stereocenters. The average Bonchev–Trinajstić information content (AvgIpc) is 2.50. The van der Waals surface area contributed by atoms with E-state index in [1.807, 2.05) is 0 Å². The lowest BCUT2D eigenvalue weighted by atomic mass is 9.84. The topological polar surface area (TPSA) is 50.4 Å². The third-order valence-corrected chi connectivity index (χ3v) is 3.64. The molecule has 0 aliphatic heterocycles. The van der Waals surface area contributed by atoms with Crippen LogP contribution in [0.2, 0.25) is 0 Å². The molecule has 0 saturated heterocycles. The predicted molar refractivity (Wildman–Crippen MR) is 93.8 cm³/mol. The molecule has 1 amide bonds. The van der Waals surface area contributed by atoms with E-state index < -0.39 is 0 Å². The van der Waals surface area contributed by atoms with E-state index in [4.69, 9.17) is 4.74 Å². The summed E-state index contributed by atoms with van der Waals surface area (Å²) in [6.07, 6.45) is 1.05. The molecule has 1 rings (SSSR count). The Bertz CT molecular complexity index is 433. The molecule has 1 aromatic rings. The fourth-order valence-corrected chi connectivity index (χ4v) is 2.05. The van der Waals surface area contributed by atoms with Crippen molar-refractivity contribution in [2.75, 3.05) is 33.4 Å². The first-order valence-corrected chi connectivity index (χ1v) is 7.55. The molecule has 0 heterocycles. The van der Waals surface area contributed by atoms with Gasteiger partial charge in [0.05, 0.1) is 13.2 Å². The Labute approximate surface area is 140 Å². The Morgan fingerprint density at radius 3 is 2.41 bits per heavy atom. The van der Waals surface area contributed by atoms with E-state index in [1.165, 1.54) is 11.1 Å². The minimum atomic E-state index is -0.0749. The average molecular weight is 329 g/mol. The minimum absolute atomic E-state index is 0. The largest absolute Gasteiger partial charge is 0.383 e. The highest BCUT2D eigenvalue weighted by atomic mass is 35.5. The second-order valence-electron chi connectivity index (χ2n) is 5.88. The van der Waals surface area contributed by atoms with E-state index in [0.29, 0.717) is 26.2 Å². The number of carbonyl (C=O) groups excluding carboxylic acids is 1. The molecule has 4 nitrogen and oxygen atoms in total. The Kier molecular flexibility index (Phi) is 10.1. The van der Waals surface area contributed by atoms with Crippen LogP contribution in [0.3, 0.4) is 0 Å². The zero-order valence-electron chi connectivity index (χ0n) is 14.1. The van der Waals surface area contributed by atoms with Crippen molar-refractivity contribution in [3.63, 3.8) is 0 Å². The number of hydrogen-bond acceptors (Lipinski definition) is 3. The van der Waals surface area contributed by atoms with Gasteiger partial charge in [-0.15, -0.1) is 12.4 Å². The van der Waals surface area contributed by atoms with Gasteiger partial charge in [0.25, 0.3) is 0 Å². The first kappa shape index (κ1) is 20.9. The molecule has 126 valence electrons. The lowest BCUT2D eigenvalue weighted by molar-refractivity contribution is -0.120. The SMILES string of the molecule is CCc1ccc(C(C)(C)CNC(=O)CNCCOC)cc1.Cl. The normalized spacial score (nSPS) is 10.9. The van der Waals surface area contributed by atoms with Crippen LogP contribution in [0, 0.1) is 0 Å². The molecule has 0 atom stereocenters. The molecule has 2 N–H and O–H groups in total. The molecule has 0 radical (unpaired) electrons. The van der Waals surface area contributed by atoms with Crippen molar-refractivity contribution < 1.29 is 9.53 Å². The molecule has 0 aromatic heterocycles. The van der Waals surface area contributed by atoms with Gasteiger partial charge in [-0.05, 0) is 17.5 Å². The summed E-state index contributed by atoms with van der Waals surface area (Å²) >= 11 is 0. The lowest BCUT2D eigenvalue weighted by Gasteiger charge is -2.26. The van der Waals surface area contributed by atoms with E-state index >= 15 is 0 Å². The van der Waals surface area contributed by atoms with Crippen LogP contribution in [0.1, 0.15) is 31.9 Å². The van der Waals surface area contributed by atoms with Crippen molar-refractivity contribution >= 4 is 18.3 Å². The van der Waals surface area contributed by atoms with E-state index in [0.717, 1.165) is 6.42 Å². The number of aryl methyl sites for hydroxylation is 1. The monoisotopic (exact) mass is 328 g/mol. The van der Waals surface area contributed by atoms with Gasteiger partial charge < -0.3 is 15.4 Å². The molecule has 5 heteroatoms. The number of halogens is 1. The number of amides is 1. The van der Waals surface area contributed by atoms with Crippen molar-refractivity contribution in [2.45, 2.75) is 32.6 Å². The van der Waals surface area contributed by atoms with Gasteiger partial charge in [0.15, 0.2) is 0 Å². The number of hydrogen-bond donors (Lipinski definition) is 2. The Morgan fingerprint density at radius 2 is 1.86 bits per heavy atom. The standard InChI is InChI=1S/C17H28N2O2.ClH/c1-5-14-6-8-15(9-7-14)17(2,3)13-19-16(20)12-18-10-11-21-4;/h6-9,18H,5,10-13H2,1-4H3,(H,19,20);1H. The summed E-state index contributed by atoms with van der Waals surface area (Å²) < 4.78 is 4.92. The Morgan fingerprint density at radius 1 is 1.23 bits per heavy atom. The van der Waals surface area contributed by atoms with Crippen molar-refractivity contribution in [3.05, 3.63) is 35.4 Å². The van der Waals surface area contributed by atoms with Gasteiger partial charge in [-0.2, -0.15) is 0 Å². The third kappa shape index (κ3) is 7.25. The highest BCUT2D eigenvalue weighted by molar-refractivity contribution is 5.85. The summed E-state index contributed by atoms with van der Waals surface area (Å²) in [7, 11) is 1.65. The van der Waals surface area contributed by atoms with Crippen LogP contribution in [0.25, 0.3) is 0 Å². The number of carbonyl (C=O) groups is 1. The Balaban J connectivity index is 0.00000441. The van der Waals surface area contributed by atoms with Crippen molar-refractivity contribution in [1.29, 1.82) is 0 Å². The van der Waals surface area contributed by atoms with Crippen LogP contribution >= 0.6 is 12.4 Å². The van der Waals surface area contributed by atoms with Crippen LogP contribution in [0.4, 0.5) is 0 Å². The maximum absolute atomic E-state index is 11.8. The molecule has 0 spiro atoms. The fraction of sp³-hybridized carbons (Fsp3) is 0.588. The summed E-state index contributed by atoms with van der Waals surface area (Å²) in [4.78, 5) is 11.8. The molecule has 0 fully saturated rings. The minimum Gasteiger partial charge on any atom is -0.383 e. The van der Waals surface area contributed by atoms with Crippen LogP contribution < -0.4 is 10.6 Å². The maximum atomic E-state index is 11.8. The summed E-state index contributed by atoms with van der Waals surface area (Å²) in [6.45, 7) is 8.70. The first-order chi connectivity index (χ1) is 9.99. The summed E-state index contributed by atoms with van der Waals surface area (Å²) in [5.41, 5.74) is 2.50. The second-order valence-corrected chi connectivity index (χ2v) is 5.88. The fourth-order valence-electron chi connectivity index (χ4n) is 2.05. The van der Waals surface area contributed by atoms with Crippen molar-refractivity contribution in [2.24, 2.45) is 0 Å². The van der Waals surface area contributed by atoms with Crippen LogP contribution in [-0.4, -0.2) is 39.3 Å². The lowest BCUT2D eigenvalue weighted by Crippen LogP contribution is -2.41. The van der Waals surface area contributed by atoms with Gasteiger partial charge in [0.1, 0.15) is 0 Å². The number of methoxy groups -OCH3 is 1. The summed E-state index contributed by atoms with van der Waals surface area (Å²) in [6, 6.07) is 8.63. The molecule has 1 aromatic carbocycles. The number of rotatable bonds is 9. The van der Waals surface area contributed by atoms with Gasteiger partial charge >= 0.3 is 0 Å². The van der Waals surface area contributed by atoms with Crippen molar-refractivity contribution in [3.8, 4) is 0 Å². The van der Waals surface area contributed by atoms with Gasteiger partial charge in [0, 0.05) is 25.6 Å². The quantitative estimate of drug-likeness (QED) is 0.684. The van der Waals surface area contributed by atoms with E-state index in [9.17, 15) is 4.79 Å². The summed E-state index contributed by atoms with van der Waals surface area (Å²) in [5.74, 6) is 0.0179. The van der Waals surface area contributed by atoms with Crippen LogP contribution in [0.5, 0.6) is 0 Å². The molecule has 0 saturated carbocycles. The van der Waals surface area contributed by atoms with Crippen LogP contribution in [0.15, 0.2) is 24.3 Å². The van der Waals surface area contributed by atoms with Gasteiger partial charge in [-0.3, -0.25) is 4.79 Å². The van der Waals surface area contributed by atoms with E-state index in [2.05, 4.69) is 55.7 Å². The highest BCUT2D eigenvalue weighted by Crippen LogP contribution is 2.22. The zero-order valence-corrected chi connectivity index (χ0v) is 14.9. The molecule has 0 bridgehead atoms. The smallest absolute Gasteiger partial charge is 0.233 e. The van der Waals surface area contributed by atoms with Crippen LogP contribution in [-0.2, 0) is 21.4 Å². The molecule has 0 aliphatic carbocycles. The second kappa shape index (κ2) is 10.6. The summed E-state index contributed by atoms with van der Waals surface area (Å²) in [5, 5.41) is 6.02. The number of benzene rings is 1. The third-order valence-electron chi connectivity index (χ3n) is 3.64. The molecular formula is C17H29ClN2O2. The molecule has 0 aliphatic rings. The van der Waals surface area contributed by atoms with E-state index in [-0.39, 0.29) is 23.7 Å². The van der Waals surface area contributed by atoms with Gasteiger partial charge in [0.2, 0.25) is 5.91 Å². The van der Waals surface area contributed by atoms with Crippen molar-refractivity contribution in [1.82, 2.24) is 10.6 Å². The highest BCUT2D eigenvalue weighted by Gasteiger charge is 2.21. The number of ether oxygens (including phenoxy) is 1. The van der Waals surface area contributed by atoms with Gasteiger partial charge in [-0.25, -0.2) is 0 Å². The first-order valence-electron chi connectivity index (χ1n) is 7.55. The number of nitrogens with one attached hydrogen (secondary N) is 2. The van der Waals surface area contributed by atoms with Gasteiger partial charge in [-0.1, -0.05) is 45.0 Å². The van der Waals surface area contributed by atoms with E-state index in [1.54, 1.807) is 7.11 Å². The maximum Gasteiger partial charge on any atom is 0.233 e. The zero-order chi connectivity index (χ0) is 15.7. The molecular weight excluding hydrogens is 300 g/mol. The Hall–Kier alpha value is -1.10. The predicted octanol–water partition coefficient (Wildman–Crippen LogP) is 2.30. The molecule has 22 heavy (non-hydrogen) atoms.